The van der Waals surface area contributed by atoms with Crippen LogP contribution in [-0.4, -0.2) is 38.8 Å². The molecule has 0 aliphatic heterocycles. The van der Waals surface area contributed by atoms with Gasteiger partial charge >= 0.3 is 0 Å². The quantitative estimate of drug-likeness (QED) is 0.183. The van der Waals surface area contributed by atoms with E-state index in [1.54, 1.807) is 18.9 Å². The number of hydrogen-bond acceptors (Lipinski definition) is 7. The van der Waals surface area contributed by atoms with E-state index in [1.807, 2.05) is 24.4 Å². The first-order valence-corrected chi connectivity index (χ1v) is 15.9. The number of rotatable bonds is 9. The summed E-state index contributed by atoms with van der Waals surface area (Å²) in [5.41, 5.74) is 5.90. The maximum Gasteiger partial charge on any atom is 0.223 e. The lowest BCUT2D eigenvalue weighted by molar-refractivity contribution is 0.415. The van der Waals surface area contributed by atoms with Gasteiger partial charge in [-0.1, -0.05) is 55.6 Å². The Morgan fingerprint density at radius 3 is 2.26 bits per heavy atom. The summed E-state index contributed by atoms with van der Waals surface area (Å²) in [6, 6.07) is 26.1. The highest BCUT2D eigenvalue weighted by Gasteiger charge is 2.23. The minimum absolute atomic E-state index is 0.432. The van der Waals surface area contributed by atoms with E-state index in [-0.39, 0.29) is 0 Å². The normalized spacial score (nSPS) is 15.8. The summed E-state index contributed by atoms with van der Waals surface area (Å²) in [6.07, 6.45) is 11.7. The molecule has 0 radical (unpaired) electrons. The topological polar surface area (TPSA) is 76.4 Å². The van der Waals surface area contributed by atoms with Gasteiger partial charge in [0.2, 0.25) is 5.95 Å². The van der Waals surface area contributed by atoms with Crippen molar-refractivity contribution in [1.82, 2.24) is 19.6 Å². The molecule has 2 saturated carbocycles. The third-order valence-corrected chi connectivity index (χ3v) is 9.36. The molecule has 0 amide bonds. The summed E-state index contributed by atoms with van der Waals surface area (Å²) in [4.78, 5) is 10.8. The first-order valence-electron chi connectivity index (χ1n) is 15.0. The molecule has 2 fully saturated rings. The third kappa shape index (κ3) is 5.68. The van der Waals surface area contributed by atoms with Crippen LogP contribution in [0.15, 0.2) is 88.9 Å². The average Bonchev–Trinajstić information content (AvgIpc) is 3.80. The predicted molar refractivity (Wildman–Crippen MR) is 171 cm³/mol. The van der Waals surface area contributed by atoms with Gasteiger partial charge in [0.15, 0.2) is 0 Å². The van der Waals surface area contributed by atoms with Gasteiger partial charge in [0.05, 0.1) is 23.9 Å². The highest BCUT2D eigenvalue weighted by Crippen LogP contribution is 2.40. The third-order valence-electron chi connectivity index (χ3n) is 8.36. The van der Waals surface area contributed by atoms with E-state index in [0.29, 0.717) is 18.0 Å². The Balaban J connectivity index is 1.40. The Morgan fingerprint density at radius 1 is 0.833 bits per heavy atom. The lowest BCUT2D eigenvalue weighted by Gasteiger charge is -2.16. The zero-order chi connectivity index (χ0) is 28.3. The number of nitrogens with one attached hydrogen (secondary N) is 2. The number of benzene rings is 2. The number of hydrogen-bond donors (Lipinski definition) is 2. The Kier molecular flexibility index (Phi) is 7.70. The van der Waals surface area contributed by atoms with Crippen LogP contribution in [0.5, 0.6) is 5.75 Å². The molecule has 42 heavy (non-hydrogen) atoms. The van der Waals surface area contributed by atoms with Crippen molar-refractivity contribution in [3.8, 4) is 28.3 Å². The fourth-order valence-corrected chi connectivity index (χ4v) is 7.16. The summed E-state index contributed by atoms with van der Waals surface area (Å²) in [6.45, 7) is 0. The molecule has 0 spiro atoms. The lowest BCUT2D eigenvalue weighted by Crippen LogP contribution is -2.16. The van der Waals surface area contributed by atoms with Gasteiger partial charge in [-0.05, 0) is 80.3 Å². The average molecular weight is 577 g/mol. The molecule has 8 heteroatoms. The number of fused-ring (bicyclic) bond motifs is 1. The molecule has 3 heterocycles. The molecule has 0 unspecified atom stereocenters. The van der Waals surface area contributed by atoms with Crippen molar-refractivity contribution in [1.29, 1.82) is 0 Å². The van der Waals surface area contributed by atoms with Crippen molar-refractivity contribution < 1.29 is 4.74 Å². The van der Waals surface area contributed by atoms with Gasteiger partial charge in [0.25, 0.3) is 0 Å². The Bertz CT molecular complexity index is 1660. The number of nitrogens with zero attached hydrogens (tertiary/aromatic N) is 4. The predicted octanol–water partition coefficient (Wildman–Crippen LogP) is 8.33. The largest absolute Gasteiger partial charge is 0.497 e. The van der Waals surface area contributed by atoms with Gasteiger partial charge in [0, 0.05) is 34.4 Å². The van der Waals surface area contributed by atoms with Crippen molar-refractivity contribution in [3.63, 3.8) is 0 Å². The molecule has 2 aromatic carbocycles. The van der Waals surface area contributed by atoms with E-state index in [9.17, 15) is 0 Å². The van der Waals surface area contributed by atoms with Crippen LogP contribution in [0.25, 0.3) is 28.0 Å². The molecule has 0 bridgehead atoms. The summed E-state index contributed by atoms with van der Waals surface area (Å²) in [5.74, 6) is 1.50. The Hall–Kier alpha value is -4.04. The summed E-state index contributed by atoms with van der Waals surface area (Å²) in [5, 5.41) is 13.7. The summed E-state index contributed by atoms with van der Waals surface area (Å²) < 4.78 is 7.54. The molecule has 0 saturated heterocycles. The van der Waals surface area contributed by atoms with Crippen molar-refractivity contribution >= 4 is 28.9 Å². The lowest BCUT2D eigenvalue weighted by atomic mass is 10.0. The Labute approximate surface area is 251 Å². The fraction of sp³-hybridized carbons (Fsp3) is 0.324. The molecule has 214 valence electrons. The van der Waals surface area contributed by atoms with Gasteiger partial charge in [-0.2, -0.15) is 5.10 Å². The van der Waals surface area contributed by atoms with Crippen molar-refractivity contribution in [2.75, 3.05) is 17.7 Å². The number of pyridine rings is 1. The van der Waals surface area contributed by atoms with Crippen LogP contribution >= 0.6 is 11.8 Å². The van der Waals surface area contributed by atoms with Gasteiger partial charge in [-0.3, -0.25) is 0 Å². The second-order valence-electron chi connectivity index (χ2n) is 11.3. The van der Waals surface area contributed by atoms with Gasteiger partial charge < -0.3 is 15.4 Å². The van der Waals surface area contributed by atoms with Crippen LogP contribution < -0.4 is 15.4 Å². The first kappa shape index (κ1) is 26.8. The van der Waals surface area contributed by atoms with Gasteiger partial charge in [-0.15, -0.1) is 0 Å². The maximum absolute atomic E-state index is 5.46. The number of ether oxygens (including phenoxy) is 1. The van der Waals surface area contributed by atoms with Crippen LogP contribution in [-0.2, 0) is 0 Å². The zero-order valence-corrected chi connectivity index (χ0v) is 24.7. The zero-order valence-electron chi connectivity index (χ0n) is 23.9. The standard InChI is InChI=1S/C34H36N6OS/c1-41-27-17-15-23(16-18-27)33-32(29-19-20-35-34(38-29)37-25-11-7-8-12-25)30-21-26(36-24-9-5-6-10-24)22-31(40(30)39-33)42-28-13-3-2-4-14-28/h2-4,13-22,24-25,36H,5-12H2,1H3,(H,35,37,38). The fourth-order valence-electron chi connectivity index (χ4n) is 6.21. The van der Waals surface area contributed by atoms with Crippen molar-refractivity contribution in [3.05, 3.63) is 79.0 Å². The number of anilines is 2. The first-order chi connectivity index (χ1) is 20.7. The number of methoxy groups -OCH3 is 1. The second kappa shape index (κ2) is 12.1. The highest BCUT2D eigenvalue weighted by atomic mass is 32.2. The van der Waals surface area contributed by atoms with E-state index < -0.39 is 0 Å². The van der Waals surface area contributed by atoms with Crippen LogP contribution in [0.1, 0.15) is 51.4 Å². The summed E-state index contributed by atoms with van der Waals surface area (Å²) in [7, 11) is 1.69. The maximum atomic E-state index is 5.46. The molecule has 2 aliphatic carbocycles. The van der Waals surface area contributed by atoms with E-state index >= 15 is 0 Å². The van der Waals surface area contributed by atoms with E-state index in [1.165, 1.54) is 43.4 Å². The van der Waals surface area contributed by atoms with Crippen molar-refractivity contribution in [2.45, 2.75) is 73.4 Å². The molecular formula is C34H36N6OS. The monoisotopic (exact) mass is 576 g/mol. The minimum Gasteiger partial charge on any atom is -0.497 e. The molecule has 5 aromatic rings. The molecule has 2 aliphatic rings. The van der Waals surface area contributed by atoms with Crippen LogP contribution in [0.2, 0.25) is 0 Å². The molecular weight excluding hydrogens is 540 g/mol. The molecule has 7 nitrogen and oxygen atoms in total. The van der Waals surface area contributed by atoms with E-state index in [4.69, 9.17) is 14.8 Å². The SMILES string of the molecule is COc1ccc(-c2nn3c(Sc4ccccc4)cc(NC4CCCC4)cc3c2-c2ccnc(NC3CCCC3)n2)cc1. The molecule has 7 rings (SSSR count). The summed E-state index contributed by atoms with van der Waals surface area (Å²) >= 11 is 1.73. The smallest absolute Gasteiger partial charge is 0.223 e. The van der Waals surface area contributed by atoms with Crippen LogP contribution in [0.3, 0.4) is 0 Å². The van der Waals surface area contributed by atoms with E-state index in [0.717, 1.165) is 57.3 Å². The van der Waals surface area contributed by atoms with Gasteiger partial charge in [-0.25, -0.2) is 14.5 Å². The molecule has 3 aromatic heterocycles. The van der Waals surface area contributed by atoms with Crippen molar-refractivity contribution in [2.24, 2.45) is 0 Å². The van der Waals surface area contributed by atoms with Crippen LogP contribution in [0, 0.1) is 0 Å². The Morgan fingerprint density at radius 2 is 1.55 bits per heavy atom. The highest BCUT2D eigenvalue weighted by molar-refractivity contribution is 7.99. The molecule has 2 N–H and O–H groups in total. The van der Waals surface area contributed by atoms with Gasteiger partial charge in [0.1, 0.15) is 16.5 Å². The second-order valence-corrected chi connectivity index (χ2v) is 12.4. The van der Waals surface area contributed by atoms with Crippen LogP contribution in [0.4, 0.5) is 11.6 Å². The van der Waals surface area contributed by atoms with E-state index in [2.05, 4.69) is 74.7 Å². The minimum atomic E-state index is 0.432. The molecule has 0 atom stereocenters. The number of aromatic nitrogens is 4.